The predicted molar refractivity (Wildman–Crippen MR) is 79.1 cm³/mol. The van der Waals surface area contributed by atoms with Gasteiger partial charge < -0.3 is 13.9 Å². The van der Waals surface area contributed by atoms with Gasteiger partial charge in [-0.05, 0) is 6.42 Å². The van der Waals surface area contributed by atoms with Crippen molar-refractivity contribution in [1.29, 1.82) is 0 Å². The van der Waals surface area contributed by atoms with E-state index in [-0.39, 0.29) is 6.42 Å². The molecule has 0 aliphatic rings. The lowest BCUT2D eigenvalue weighted by atomic mass is 9.99. The van der Waals surface area contributed by atoms with Gasteiger partial charge in [-0.25, -0.2) is 0 Å². The van der Waals surface area contributed by atoms with Gasteiger partial charge in [0.2, 0.25) is 23.6 Å². The molecule has 0 saturated heterocycles. The SMILES string of the molecule is Cc1nnc(CCC(Cc2nnc(C)o2)C(=O)O)o1.O=S=O.O=S=O. The first-order chi connectivity index (χ1) is 11.9. The number of carboxylic acid groups (broad SMARTS) is 1. The highest BCUT2D eigenvalue weighted by Gasteiger charge is 2.22. The highest BCUT2D eigenvalue weighted by atomic mass is 32.1. The molecular weight excluding hydrogens is 380 g/mol. The molecule has 138 valence electrons. The first-order valence-electron chi connectivity index (χ1n) is 6.52. The molecule has 1 unspecified atom stereocenters. The van der Waals surface area contributed by atoms with Gasteiger partial charge in [-0.2, -0.15) is 16.8 Å². The second kappa shape index (κ2) is 12.8. The molecule has 1 atom stereocenters. The molecule has 0 saturated carbocycles. The Hall–Kier alpha value is -2.61. The Balaban J connectivity index is 0.000000844. The molecule has 0 spiro atoms. The van der Waals surface area contributed by atoms with E-state index in [1.165, 1.54) is 0 Å². The van der Waals surface area contributed by atoms with Gasteiger partial charge in [0.15, 0.2) is 0 Å². The van der Waals surface area contributed by atoms with Gasteiger partial charge in [0.1, 0.15) is 0 Å². The van der Waals surface area contributed by atoms with E-state index in [0.29, 0.717) is 36.4 Å². The van der Waals surface area contributed by atoms with Crippen molar-refractivity contribution in [2.45, 2.75) is 33.1 Å². The number of carboxylic acids is 1. The first kappa shape index (κ1) is 22.4. The quantitative estimate of drug-likeness (QED) is 0.670. The Morgan fingerprint density at radius 3 is 1.76 bits per heavy atom. The predicted octanol–water partition coefficient (Wildman–Crippen LogP) is -0.395. The Kier molecular flexibility index (Phi) is 11.4. The summed E-state index contributed by atoms with van der Waals surface area (Å²) in [6.07, 6.45) is 0.979. The zero-order valence-corrected chi connectivity index (χ0v) is 14.7. The third-order valence-electron chi connectivity index (χ3n) is 2.61. The van der Waals surface area contributed by atoms with Crippen LogP contribution in [0.15, 0.2) is 8.83 Å². The van der Waals surface area contributed by atoms with Crippen LogP contribution in [-0.4, -0.2) is 48.3 Å². The molecule has 2 aromatic heterocycles. The number of aryl methyl sites for hydroxylation is 3. The molecule has 0 aliphatic carbocycles. The van der Waals surface area contributed by atoms with Crippen molar-refractivity contribution in [3.05, 3.63) is 23.6 Å². The normalized spacial score (nSPS) is 10.5. The van der Waals surface area contributed by atoms with E-state index in [4.69, 9.17) is 30.8 Å². The van der Waals surface area contributed by atoms with E-state index in [0.717, 1.165) is 0 Å². The van der Waals surface area contributed by atoms with Crippen molar-refractivity contribution in [3.8, 4) is 0 Å². The largest absolute Gasteiger partial charge is 0.481 e. The van der Waals surface area contributed by atoms with Gasteiger partial charge in [-0.1, -0.05) is 0 Å². The van der Waals surface area contributed by atoms with Gasteiger partial charge in [0.25, 0.3) is 0 Å². The number of aromatic nitrogens is 4. The summed E-state index contributed by atoms with van der Waals surface area (Å²) in [7, 11) is 0. The average molecular weight is 394 g/mol. The van der Waals surface area contributed by atoms with Gasteiger partial charge >= 0.3 is 29.1 Å². The summed E-state index contributed by atoms with van der Waals surface area (Å²) in [6, 6.07) is 0. The molecule has 14 heteroatoms. The summed E-state index contributed by atoms with van der Waals surface area (Å²) < 4.78 is 43.6. The van der Waals surface area contributed by atoms with E-state index < -0.39 is 35.0 Å². The number of aliphatic carboxylic acids is 1. The molecule has 12 nitrogen and oxygen atoms in total. The monoisotopic (exact) mass is 394 g/mol. The molecule has 0 bridgehead atoms. The Morgan fingerprint density at radius 2 is 1.40 bits per heavy atom. The zero-order chi connectivity index (χ0) is 19.2. The molecule has 0 radical (unpaired) electrons. The maximum atomic E-state index is 11.2. The molecule has 0 aromatic carbocycles. The first-order valence-corrected chi connectivity index (χ1v) is 7.85. The minimum atomic E-state index is -0.910. The lowest BCUT2D eigenvalue weighted by Gasteiger charge is -2.07. The maximum absolute atomic E-state index is 11.2. The van der Waals surface area contributed by atoms with Crippen LogP contribution in [0, 0.1) is 19.8 Å². The number of carbonyl (C=O) groups is 1. The maximum Gasteiger partial charge on any atom is 0.335 e. The van der Waals surface area contributed by atoms with E-state index in [1.54, 1.807) is 13.8 Å². The summed E-state index contributed by atoms with van der Waals surface area (Å²) in [5, 5.41) is 24.2. The fourth-order valence-corrected chi connectivity index (χ4v) is 1.68. The third-order valence-corrected chi connectivity index (χ3v) is 2.61. The molecule has 2 rings (SSSR count). The van der Waals surface area contributed by atoms with Gasteiger partial charge in [-0.3, -0.25) is 4.79 Å². The number of nitrogens with zero attached hydrogens (tertiary/aromatic N) is 4. The molecule has 0 amide bonds. The molecule has 1 N–H and O–H groups in total. The summed E-state index contributed by atoms with van der Waals surface area (Å²) in [5.74, 6) is 0.122. The van der Waals surface area contributed by atoms with E-state index >= 15 is 0 Å². The van der Waals surface area contributed by atoms with Crippen molar-refractivity contribution in [2.24, 2.45) is 5.92 Å². The number of hydrogen-bond acceptors (Lipinski definition) is 11. The van der Waals surface area contributed by atoms with Crippen LogP contribution in [0.2, 0.25) is 0 Å². The van der Waals surface area contributed by atoms with Crippen LogP contribution >= 0.6 is 0 Å². The van der Waals surface area contributed by atoms with Gasteiger partial charge in [0, 0.05) is 26.7 Å². The minimum absolute atomic E-state index is 0.198. The third kappa shape index (κ3) is 9.98. The van der Waals surface area contributed by atoms with Crippen molar-refractivity contribution in [2.75, 3.05) is 0 Å². The van der Waals surface area contributed by atoms with Gasteiger partial charge in [0.05, 0.1) is 5.92 Å². The number of rotatable bonds is 6. The van der Waals surface area contributed by atoms with Crippen LogP contribution in [0.3, 0.4) is 0 Å². The standard InChI is InChI=1S/C11H14N4O4.2O2S/c1-6-12-14-9(18-6)4-3-8(11(16)17)5-10-15-13-7(2)19-10;2*1-3-2/h8H,3-5H2,1-2H3,(H,16,17);;. The van der Waals surface area contributed by atoms with Crippen molar-refractivity contribution in [3.63, 3.8) is 0 Å². The van der Waals surface area contributed by atoms with Gasteiger partial charge in [-0.15, -0.1) is 20.4 Å². The Bertz CT molecular complexity index is 722. The molecule has 0 aliphatic heterocycles. The Morgan fingerprint density at radius 1 is 0.960 bits per heavy atom. The second-order valence-electron chi connectivity index (χ2n) is 4.34. The second-order valence-corrected chi connectivity index (χ2v) is 4.62. The lowest BCUT2D eigenvalue weighted by Crippen LogP contribution is -2.17. The highest BCUT2D eigenvalue weighted by Crippen LogP contribution is 2.15. The average Bonchev–Trinajstić information content (AvgIpc) is 3.13. The highest BCUT2D eigenvalue weighted by molar-refractivity contribution is 7.51. The fraction of sp³-hybridized carbons (Fsp3) is 0.545. The molecular formula is C11H14N4O8S2. The fourth-order valence-electron chi connectivity index (χ4n) is 1.68. The van der Waals surface area contributed by atoms with Crippen LogP contribution in [0.5, 0.6) is 0 Å². The lowest BCUT2D eigenvalue weighted by molar-refractivity contribution is -0.142. The van der Waals surface area contributed by atoms with E-state index in [1.807, 2.05) is 0 Å². The van der Waals surface area contributed by atoms with E-state index in [9.17, 15) is 4.79 Å². The van der Waals surface area contributed by atoms with E-state index in [2.05, 4.69) is 20.4 Å². The molecule has 2 aromatic rings. The topological polar surface area (TPSA) is 183 Å². The number of hydrogen-bond donors (Lipinski definition) is 1. The minimum Gasteiger partial charge on any atom is -0.481 e. The smallest absolute Gasteiger partial charge is 0.335 e. The zero-order valence-electron chi connectivity index (χ0n) is 13.1. The van der Waals surface area contributed by atoms with Crippen molar-refractivity contribution < 1.29 is 35.6 Å². The van der Waals surface area contributed by atoms with Crippen LogP contribution in [0.1, 0.15) is 30.0 Å². The summed E-state index contributed by atoms with van der Waals surface area (Å²) in [6.45, 7) is 3.35. The summed E-state index contributed by atoms with van der Waals surface area (Å²) in [4.78, 5) is 11.2. The van der Waals surface area contributed by atoms with Crippen molar-refractivity contribution in [1.82, 2.24) is 20.4 Å². The molecule has 0 fully saturated rings. The van der Waals surface area contributed by atoms with Crippen LogP contribution < -0.4 is 0 Å². The molecule has 2 heterocycles. The summed E-state index contributed by atoms with van der Waals surface area (Å²) >= 11 is -1.50. The summed E-state index contributed by atoms with van der Waals surface area (Å²) in [5.41, 5.74) is 0. The molecule has 25 heavy (non-hydrogen) atoms. The Labute approximate surface area is 148 Å². The van der Waals surface area contributed by atoms with Crippen LogP contribution in [0.25, 0.3) is 0 Å². The van der Waals surface area contributed by atoms with Crippen LogP contribution in [-0.2, 0) is 40.8 Å². The van der Waals surface area contributed by atoms with Crippen LogP contribution in [0.4, 0.5) is 0 Å². The van der Waals surface area contributed by atoms with Crippen molar-refractivity contribution >= 4 is 29.1 Å².